The van der Waals surface area contributed by atoms with E-state index in [9.17, 15) is 19.4 Å². The Morgan fingerprint density at radius 3 is 2.50 bits per heavy atom. The first kappa shape index (κ1) is 20.2. The van der Waals surface area contributed by atoms with E-state index in [1.807, 2.05) is 13.8 Å². The molecule has 0 aliphatic carbocycles. The summed E-state index contributed by atoms with van der Waals surface area (Å²) in [6, 6.07) is 10.8. The predicted octanol–water partition coefficient (Wildman–Crippen LogP) is 4.99. The van der Waals surface area contributed by atoms with Crippen LogP contribution < -0.4 is 5.32 Å². The molecule has 26 heavy (non-hydrogen) atoms. The molecule has 0 radical (unpaired) electrons. The van der Waals surface area contributed by atoms with Crippen LogP contribution in [-0.2, 0) is 4.74 Å². The molecule has 0 aromatic heterocycles. The fourth-order valence-corrected chi connectivity index (χ4v) is 2.84. The Labute approximate surface area is 159 Å². The molecule has 1 amide bonds. The SMILES string of the molecule is CC(C)(CCO)[C@H](OC(=O)Nc1ccc(Br)cc1)c1ccc(O)c(F)c1. The lowest BCUT2D eigenvalue weighted by atomic mass is 9.80. The number of ether oxygens (including phenoxy) is 1. The average molecular weight is 426 g/mol. The lowest BCUT2D eigenvalue weighted by Gasteiger charge is -2.33. The van der Waals surface area contributed by atoms with Gasteiger partial charge in [0.15, 0.2) is 11.6 Å². The van der Waals surface area contributed by atoms with E-state index in [2.05, 4.69) is 21.2 Å². The Morgan fingerprint density at radius 1 is 1.27 bits per heavy atom. The standard InChI is InChI=1S/C19H21BrFNO4/c1-19(2,9-10-23)17(12-3-8-16(24)15(21)11-12)26-18(25)22-14-6-4-13(20)5-7-14/h3-8,11,17,23-24H,9-10H2,1-2H3,(H,22,25)/t17-/m1/s1. The molecule has 2 aromatic rings. The molecular weight excluding hydrogens is 405 g/mol. The van der Waals surface area contributed by atoms with Gasteiger partial charge in [-0.3, -0.25) is 5.32 Å². The molecule has 0 heterocycles. The summed E-state index contributed by atoms with van der Waals surface area (Å²) >= 11 is 3.31. The van der Waals surface area contributed by atoms with E-state index in [1.54, 1.807) is 24.3 Å². The van der Waals surface area contributed by atoms with E-state index in [4.69, 9.17) is 4.74 Å². The van der Waals surface area contributed by atoms with Gasteiger partial charge in [0.05, 0.1) is 0 Å². The topological polar surface area (TPSA) is 78.8 Å². The van der Waals surface area contributed by atoms with Crippen LogP contribution in [0.5, 0.6) is 5.75 Å². The maximum atomic E-state index is 13.8. The second-order valence-electron chi connectivity index (χ2n) is 6.59. The molecule has 0 fully saturated rings. The van der Waals surface area contributed by atoms with Crippen molar-refractivity contribution in [2.24, 2.45) is 5.41 Å². The molecule has 0 saturated carbocycles. The third kappa shape index (κ3) is 5.19. The van der Waals surface area contributed by atoms with Crippen molar-refractivity contribution in [2.45, 2.75) is 26.4 Å². The molecule has 0 aliphatic rings. The van der Waals surface area contributed by atoms with Crippen LogP contribution in [0.2, 0.25) is 0 Å². The first-order valence-electron chi connectivity index (χ1n) is 8.05. The Bertz CT molecular complexity index is 765. The van der Waals surface area contributed by atoms with E-state index in [0.717, 1.165) is 10.5 Å². The van der Waals surface area contributed by atoms with Crippen LogP contribution in [0.3, 0.4) is 0 Å². The molecule has 1 atom stereocenters. The normalized spacial score (nSPS) is 12.5. The van der Waals surface area contributed by atoms with Crippen molar-refractivity contribution >= 4 is 27.7 Å². The summed E-state index contributed by atoms with van der Waals surface area (Å²) in [5.41, 5.74) is 0.286. The van der Waals surface area contributed by atoms with Crippen molar-refractivity contribution in [2.75, 3.05) is 11.9 Å². The van der Waals surface area contributed by atoms with Gasteiger partial charge in [0.25, 0.3) is 0 Å². The number of carbonyl (C=O) groups is 1. The molecule has 0 aliphatic heterocycles. The molecule has 7 heteroatoms. The molecule has 3 N–H and O–H groups in total. The maximum absolute atomic E-state index is 13.8. The van der Waals surface area contributed by atoms with Crippen LogP contribution in [0.4, 0.5) is 14.9 Å². The minimum absolute atomic E-state index is 0.109. The highest BCUT2D eigenvalue weighted by Crippen LogP contribution is 2.40. The molecular formula is C19H21BrFNO4. The number of phenolic OH excluding ortho intramolecular Hbond substituents is 1. The second kappa shape index (κ2) is 8.51. The number of hydrogen-bond donors (Lipinski definition) is 3. The molecule has 2 rings (SSSR count). The molecule has 0 unspecified atom stereocenters. The second-order valence-corrected chi connectivity index (χ2v) is 7.51. The molecule has 5 nitrogen and oxygen atoms in total. The molecule has 0 saturated heterocycles. The number of aliphatic hydroxyl groups is 1. The molecule has 0 bridgehead atoms. The van der Waals surface area contributed by atoms with Crippen LogP contribution in [0.1, 0.15) is 31.9 Å². The monoisotopic (exact) mass is 425 g/mol. The highest BCUT2D eigenvalue weighted by molar-refractivity contribution is 9.10. The number of hydrogen-bond acceptors (Lipinski definition) is 4. The predicted molar refractivity (Wildman–Crippen MR) is 101 cm³/mol. The van der Waals surface area contributed by atoms with Gasteiger partial charge in [0, 0.05) is 22.2 Å². The smallest absolute Gasteiger partial charge is 0.412 e. The Morgan fingerprint density at radius 2 is 1.92 bits per heavy atom. The number of phenols is 1. The summed E-state index contributed by atoms with van der Waals surface area (Å²) in [6.45, 7) is 3.51. The lowest BCUT2D eigenvalue weighted by molar-refractivity contribution is 0.0150. The number of aromatic hydroxyl groups is 1. The van der Waals surface area contributed by atoms with Gasteiger partial charge in [-0.25, -0.2) is 9.18 Å². The van der Waals surface area contributed by atoms with Gasteiger partial charge in [0.1, 0.15) is 6.10 Å². The summed E-state index contributed by atoms with van der Waals surface area (Å²) < 4.78 is 20.2. The fraction of sp³-hybridized carbons (Fsp3) is 0.316. The van der Waals surface area contributed by atoms with Gasteiger partial charge in [-0.05, 0) is 48.4 Å². The van der Waals surface area contributed by atoms with Gasteiger partial charge in [-0.2, -0.15) is 0 Å². The van der Waals surface area contributed by atoms with Gasteiger partial charge >= 0.3 is 6.09 Å². The number of rotatable bonds is 6. The quantitative estimate of drug-likeness (QED) is 0.608. The number of anilines is 1. The van der Waals surface area contributed by atoms with E-state index in [1.165, 1.54) is 12.1 Å². The van der Waals surface area contributed by atoms with Crippen LogP contribution in [0.15, 0.2) is 46.9 Å². The van der Waals surface area contributed by atoms with E-state index in [-0.39, 0.29) is 6.61 Å². The number of halogens is 2. The number of nitrogens with one attached hydrogen (secondary N) is 1. The van der Waals surface area contributed by atoms with Gasteiger partial charge in [-0.15, -0.1) is 0 Å². The highest BCUT2D eigenvalue weighted by atomic mass is 79.9. The van der Waals surface area contributed by atoms with Crippen molar-refractivity contribution in [1.82, 2.24) is 0 Å². The van der Waals surface area contributed by atoms with E-state index in [0.29, 0.717) is 17.7 Å². The number of aliphatic hydroxyl groups excluding tert-OH is 1. The Balaban J connectivity index is 2.24. The third-order valence-corrected chi connectivity index (χ3v) is 4.58. The third-order valence-electron chi connectivity index (χ3n) is 4.06. The maximum Gasteiger partial charge on any atom is 0.412 e. The molecule has 140 valence electrons. The van der Waals surface area contributed by atoms with Crippen LogP contribution in [0, 0.1) is 11.2 Å². The minimum Gasteiger partial charge on any atom is -0.505 e. The lowest BCUT2D eigenvalue weighted by Crippen LogP contribution is -2.29. The number of amides is 1. The summed E-state index contributed by atoms with van der Waals surface area (Å²) in [7, 11) is 0. The van der Waals surface area contributed by atoms with Crippen molar-refractivity contribution < 1.29 is 24.1 Å². The summed E-state index contributed by atoms with van der Waals surface area (Å²) in [4.78, 5) is 12.3. The van der Waals surface area contributed by atoms with Gasteiger partial charge in [-0.1, -0.05) is 35.8 Å². The van der Waals surface area contributed by atoms with Gasteiger partial charge in [0.2, 0.25) is 0 Å². The zero-order valence-electron chi connectivity index (χ0n) is 14.5. The van der Waals surface area contributed by atoms with Gasteiger partial charge < -0.3 is 14.9 Å². The van der Waals surface area contributed by atoms with Crippen molar-refractivity contribution in [3.63, 3.8) is 0 Å². The molecule has 0 spiro atoms. The van der Waals surface area contributed by atoms with Crippen molar-refractivity contribution in [1.29, 1.82) is 0 Å². The fourth-order valence-electron chi connectivity index (χ4n) is 2.57. The van der Waals surface area contributed by atoms with Crippen LogP contribution in [-0.4, -0.2) is 22.9 Å². The molecule has 2 aromatic carbocycles. The summed E-state index contributed by atoms with van der Waals surface area (Å²) in [5, 5.41) is 21.3. The van der Waals surface area contributed by atoms with E-state index >= 15 is 0 Å². The number of benzene rings is 2. The zero-order valence-corrected chi connectivity index (χ0v) is 16.1. The summed E-state index contributed by atoms with van der Waals surface area (Å²) in [6.07, 6.45) is -1.18. The zero-order chi connectivity index (χ0) is 19.3. The first-order chi connectivity index (χ1) is 12.2. The van der Waals surface area contributed by atoms with E-state index < -0.39 is 29.2 Å². The largest absolute Gasteiger partial charge is 0.505 e. The van der Waals surface area contributed by atoms with Crippen LogP contribution in [0.25, 0.3) is 0 Å². The minimum atomic E-state index is -0.819. The first-order valence-corrected chi connectivity index (χ1v) is 8.85. The number of carbonyl (C=O) groups excluding carboxylic acids is 1. The highest BCUT2D eigenvalue weighted by Gasteiger charge is 2.34. The Hall–Kier alpha value is -2.12. The average Bonchev–Trinajstić information content (AvgIpc) is 2.57. The van der Waals surface area contributed by atoms with Crippen molar-refractivity contribution in [3.05, 3.63) is 58.3 Å². The van der Waals surface area contributed by atoms with Crippen LogP contribution >= 0.6 is 15.9 Å². The Kier molecular flexibility index (Phi) is 6.61. The van der Waals surface area contributed by atoms with Crippen molar-refractivity contribution in [3.8, 4) is 5.75 Å². The summed E-state index contributed by atoms with van der Waals surface area (Å²) in [5.74, 6) is -1.28.